The molecular formula is C19H29ClN4O2S. The molecule has 2 aromatic heterocycles. The van der Waals surface area contributed by atoms with E-state index in [1.165, 1.54) is 37.0 Å². The van der Waals surface area contributed by atoms with Gasteiger partial charge in [-0.15, -0.1) is 11.3 Å². The van der Waals surface area contributed by atoms with Gasteiger partial charge in [0, 0.05) is 6.54 Å². The first-order chi connectivity index (χ1) is 13.1. The van der Waals surface area contributed by atoms with Crippen LogP contribution in [0.3, 0.4) is 0 Å². The second-order valence-corrected chi connectivity index (χ2v) is 8.25. The van der Waals surface area contributed by atoms with E-state index in [4.69, 9.17) is 21.9 Å². The SMILES string of the molecule is CCCCN(CCCC)CCCNC(=O)c1c(-c2ccc(Cl)s2)noc1N. The molecule has 0 atom stereocenters. The highest BCUT2D eigenvalue weighted by Gasteiger charge is 2.23. The van der Waals surface area contributed by atoms with Crippen LogP contribution in [-0.2, 0) is 0 Å². The summed E-state index contributed by atoms with van der Waals surface area (Å²) in [5.41, 5.74) is 6.54. The maximum absolute atomic E-state index is 12.6. The van der Waals surface area contributed by atoms with Gasteiger partial charge in [0.05, 0.1) is 9.21 Å². The van der Waals surface area contributed by atoms with Crippen molar-refractivity contribution in [3.05, 3.63) is 22.0 Å². The van der Waals surface area contributed by atoms with E-state index in [0.29, 0.717) is 16.6 Å². The zero-order chi connectivity index (χ0) is 19.6. The largest absolute Gasteiger partial charge is 0.367 e. The zero-order valence-corrected chi connectivity index (χ0v) is 17.7. The molecule has 0 aliphatic rings. The Morgan fingerprint density at radius 1 is 1.22 bits per heavy atom. The molecule has 27 heavy (non-hydrogen) atoms. The van der Waals surface area contributed by atoms with Crippen molar-refractivity contribution in [2.45, 2.75) is 46.0 Å². The molecule has 1 amide bonds. The van der Waals surface area contributed by atoms with Crippen LogP contribution in [0.25, 0.3) is 10.6 Å². The van der Waals surface area contributed by atoms with Crippen molar-refractivity contribution in [1.82, 2.24) is 15.4 Å². The van der Waals surface area contributed by atoms with Crippen LogP contribution in [0.2, 0.25) is 4.34 Å². The molecule has 0 saturated carbocycles. The fourth-order valence-corrected chi connectivity index (χ4v) is 3.85. The minimum Gasteiger partial charge on any atom is -0.367 e. The van der Waals surface area contributed by atoms with E-state index < -0.39 is 0 Å². The van der Waals surface area contributed by atoms with E-state index in [9.17, 15) is 4.79 Å². The third-order valence-electron chi connectivity index (χ3n) is 4.34. The number of hydrogen-bond donors (Lipinski definition) is 2. The number of halogens is 1. The van der Waals surface area contributed by atoms with Gasteiger partial charge in [-0.05, 0) is 51.0 Å². The number of carbonyl (C=O) groups is 1. The quantitative estimate of drug-likeness (QED) is 0.495. The molecule has 0 aliphatic heterocycles. The first-order valence-corrected chi connectivity index (χ1v) is 10.8. The van der Waals surface area contributed by atoms with E-state index in [-0.39, 0.29) is 17.4 Å². The number of aromatic nitrogens is 1. The second-order valence-electron chi connectivity index (χ2n) is 6.53. The molecule has 0 aromatic carbocycles. The number of nitrogen functional groups attached to an aromatic ring is 1. The van der Waals surface area contributed by atoms with Crippen molar-refractivity contribution in [3.63, 3.8) is 0 Å². The normalized spacial score (nSPS) is 11.3. The van der Waals surface area contributed by atoms with Gasteiger partial charge in [-0.1, -0.05) is 43.4 Å². The molecule has 2 rings (SSSR count). The predicted octanol–water partition coefficient (Wildman–Crippen LogP) is 4.66. The maximum Gasteiger partial charge on any atom is 0.259 e. The summed E-state index contributed by atoms with van der Waals surface area (Å²) in [6, 6.07) is 3.57. The van der Waals surface area contributed by atoms with Gasteiger partial charge in [-0.3, -0.25) is 4.79 Å². The highest BCUT2D eigenvalue weighted by molar-refractivity contribution is 7.19. The predicted molar refractivity (Wildman–Crippen MR) is 112 cm³/mol. The zero-order valence-electron chi connectivity index (χ0n) is 16.1. The summed E-state index contributed by atoms with van der Waals surface area (Å²) in [5.74, 6) is -0.235. The Balaban J connectivity index is 1.88. The van der Waals surface area contributed by atoms with Gasteiger partial charge in [-0.25, -0.2) is 0 Å². The lowest BCUT2D eigenvalue weighted by Crippen LogP contribution is -2.31. The average molecular weight is 413 g/mol. The van der Waals surface area contributed by atoms with Crippen LogP contribution in [0, 0.1) is 0 Å². The maximum atomic E-state index is 12.6. The van der Waals surface area contributed by atoms with E-state index >= 15 is 0 Å². The van der Waals surface area contributed by atoms with Gasteiger partial charge >= 0.3 is 0 Å². The van der Waals surface area contributed by atoms with Crippen molar-refractivity contribution in [2.75, 3.05) is 31.9 Å². The standard InChI is InChI=1S/C19H29ClN4O2S/c1-3-5-11-24(12-6-4-2)13-7-10-22-19(25)16-17(23-26-18(16)21)14-8-9-15(20)27-14/h8-9H,3-7,10-13,21H2,1-2H3,(H,22,25). The Bertz CT molecular complexity index is 708. The Hall–Kier alpha value is -1.57. The molecule has 0 fully saturated rings. The number of thiophene rings is 1. The monoisotopic (exact) mass is 412 g/mol. The lowest BCUT2D eigenvalue weighted by atomic mass is 10.2. The van der Waals surface area contributed by atoms with E-state index in [2.05, 4.69) is 29.2 Å². The molecule has 0 radical (unpaired) electrons. The Morgan fingerprint density at radius 3 is 2.48 bits per heavy atom. The second kappa shape index (κ2) is 11.3. The number of carbonyl (C=O) groups excluding carboxylic acids is 1. The minimum absolute atomic E-state index is 0.0274. The molecule has 0 spiro atoms. The van der Waals surface area contributed by atoms with Gasteiger partial charge in [0.2, 0.25) is 5.88 Å². The van der Waals surface area contributed by atoms with Crippen molar-refractivity contribution in [3.8, 4) is 10.6 Å². The summed E-state index contributed by atoms with van der Waals surface area (Å²) in [4.78, 5) is 15.8. The van der Waals surface area contributed by atoms with Crippen LogP contribution in [0.15, 0.2) is 16.7 Å². The molecule has 150 valence electrons. The number of nitrogens with two attached hydrogens (primary N) is 1. The van der Waals surface area contributed by atoms with E-state index in [1.54, 1.807) is 12.1 Å². The van der Waals surface area contributed by atoms with Crippen molar-refractivity contribution in [1.29, 1.82) is 0 Å². The molecule has 2 aromatic rings. The smallest absolute Gasteiger partial charge is 0.259 e. The fraction of sp³-hybridized carbons (Fsp3) is 0.579. The molecule has 0 saturated heterocycles. The average Bonchev–Trinajstić information content (AvgIpc) is 3.25. The highest BCUT2D eigenvalue weighted by Crippen LogP contribution is 2.34. The first kappa shape index (κ1) is 21.7. The topological polar surface area (TPSA) is 84.4 Å². The van der Waals surface area contributed by atoms with E-state index in [1.807, 2.05) is 0 Å². The molecule has 6 nitrogen and oxygen atoms in total. The molecule has 0 bridgehead atoms. The number of unbranched alkanes of at least 4 members (excludes halogenated alkanes) is 2. The van der Waals surface area contributed by atoms with Gasteiger partial charge in [0.1, 0.15) is 11.3 Å². The Morgan fingerprint density at radius 2 is 1.89 bits per heavy atom. The summed E-state index contributed by atoms with van der Waals surface area (Å²) in [7, 11) is 0. The van der Waals surface area contributed by atoms with Gasteiger partial charge in [-0.2, -0.15) is 0 Å². The molecular weight excluding hydrogens is 384 g/mol. The number of amides is 1. The van der Waals surface area contributed by atoms with Crippen molar-refractivity contribution < 1.29 is 9.32 Å². The van der Waals surface area contributed by atoms with Crippen LogP contribution in [0.5, 0.6) is 0 Å². The van der Waals surface area contributed by atoms with Gasteiger partial charge in [0.25, 0.3) is 5.91 Å². The van der Waals surface area contributed by atoms with E-state index in [0.717, 1.165) is 30.9 Å². The number of hydrogen-bond acceptors (Lipinski definition) is 6. The summed E-state index contributed by atoms with van der Waals surface area (Å²) >= 11 is 7.31. The molecule has 0 aliphatic carbocycles. The Kier molecular flexibility index (Phi) is 9.10. The fourth-order valence-electron chi connectivity index (χ4n) is 2.82. The van der Waals surface area contributed by atoms with Crippen LogP contribution in [0.1, 0.15) is 56.3 Å². The van der Waals surface area contributed by atoms with Crippen molar-refractivity contribution in [2.24, 2.45) is 0 Å². The van der Waals surface area contributed by atoms with Gasteiger partial charge < -0.3 is 20.5 Å². The van der Waals surface area contributed by atoms with Crippen LogP contribution in [-0.4, -0.2) is 42.1 Å². The summed E-state index contributed by atoms with van der Waals surface area (Å²) in [5, 5.41) is 6.86. The summed E-state index contributed by atoms with van der Waals surface area (Å²) in [6.45, 7) is 8.22. The molecule has 0 unspecified atom stereocenters. The lowest BCUT2D eigenvalue weighted by Gasteiger charge is -2.21. The third-order valence-corrected chi connectivity index (χ3v) is 5.58. The van der Waals surface area contributed by atoms with Gasteiger partial charge in [0.15, 0.2) is 0 Å². The summed E-state index contributed by atoms with van der Waals surface area (Å²) < 4.78 is 5.66. The van der Waals surface area contributed by atoms with Crippen LogP contribution < -0.4 is 11.1 Å². The first-order valence-electron chi connectivity index (χ1n) is 9.58. The van der Waals surface area contributed by atoms with Crippen LogP contribution in [0.4, 0.5) is 5.88 Å². The number of anilines is 1. The van der Waals surface area contributed by atoms with Crippen molar-refractivity contribution >= 4 is 34.7 Å². The third kappa shape index (κ3) is 6.52. The molecule has 3 N–H and O–H groups in total. The molecule has 8 heteroatoms. The Labute approximate surface area is 170 Å². The number of nitrogens with one attached hydrogen (secondary N) is 1. The highest BCUT2D eigenvalue weighted by atomic mass is 35.5. The van der Waals surface area contributed by atoms with Crippen LogP contribution >= 0.6 is 22.9 Å². The summed E-state index contributed by atoms with van der Waals surface area (Å²) in [6.07, 6.45) is 5.70. The molecule has 2 heterocycles. The minimum atomic E-state index is -0.262. The number of nitrogens with zero attached hydrogens (tertiary/aromatic N) is 2. The number of rotatable bonds is 12. The lowest BCUT2D eigenvalue weighted by molar-refractivity contribution is 0.0952.